The molecular formula is C4H9NO2S. The van der Waals surface area contributed by atoms with Gasteiger partial charge in [0.05, 0.1) is 0 Å². The molecule has 1 saturated heterocycles. The van der Waals surface area contributed by atoms with E-state index in [1.165, 1.54) is 4.31 Å². The van der Waals surface area contributed by atoms with Crippen molar-refractivity contribution in [2.75, 3.05) is 6.54 Å². The number of thiol groups is 1. The van der Waals surface area contributed by atoms with E-state index >= 15 is 0 Å². The van der Waals surface area contributed by atoms with E-state index in [0.29, 0.717) is 6.04 Å². The molecule has 3 nitrogen and oxygen atoms in total. The summed E-state index contributed by atoms with van der Waals surface area (Å²) in [4.78, 5) is 0. The molecule has 1 fully saturated rings. The lowest BCUT2D eigenvalue weighted by Crippen LogP contribution is -1.96. The first-order chi connectivity index (χ1) is 3.75. The predicted molar refractivity (Wildman–Crippen MR) is 31.1 cm³/mol. The number of rotatable bonds is 2. The monoisotopic (exact) mass is 135 g/mol. The number of hydrogen-bond donors (Lipinski definition) is 1. The molecule has 1 rings (SSSR count). The van der Waals surface area contributed by atoms with Crippen molar-refractivity contribution in [2.24, 2.45) is 0 Å². The van der Waals surface area contributed by atoms with Crippen molar-refractivity contribution in [2.45, 2.75) is 19.4 Å². The van der Waals surface area contributed by atoms with Gasteiger partial charge >= 0.3 is 0 Å². The summed E-state index contributed by atoms with van der Waals surface area (Å²) in [6, 6.07) is 0.330. The Labute approximate surface area is 50.4 Å². The van der Waals surface area contributed by atoms with Gasteiger partial charge in [-0.25, -0.2) is 8.42 Å². The highest BCUT2D eigenvalue weighted by molar-refractivity contribution is 7.70. The highest BCUT2D eigenvalue weighted by atomic mass is 32.2. The second-order valence-electron chi connectivity index (χ2n) is 1.92. The van der Waals surface area contributed by atoms with Crippen LogP contribution in [0.2, 0.25) is 0 Å². The maximum absolute atomic E-state index is 10.1. The topological polar surface area (TPSA) is 37.1 Å². The largest absolute Gasteiger partial charge is 0.215 e. The van der Waals surface area contributed by atoms with Crippen molar-refractivity contribution in [1.82, 2.24) is 4.31 Å². The van der Waals surface area contributed by atoms with E-state index in [-0.39, 0.29) is 0 Å². The molecule has 0 aromatic heterocycles. The van der Waals surface area contributed by atoms with Crippen LogP contribution in [0.5, 0.6) is 0 Å². The first-order valence-electron chi connectivity index (χ1n) is 2.66. The minimum atomic E-state index is -2.26. The summed E-state index contributed by atoms with van der Waals surface area (Å²) in [7, 11) is -2.26. The van der Waals surface area contributed by atoms with Gasteiger partial charge in [-0.2, -0.15) is 4.31 Å². The quantitative estimate of drug-likeness (QED) is 0.413. The molecule has 48 valence electrons. The maximum Gasteiger partial charge on any atom is 0.204 e. The van der Waals surface area contributed by atoms with Crippen molar-refractivity contribution in [3.63, 3.8) is 0 Å². The fraction of sp³-hybridized carbons (Fsp3) is 1.00. The zero-order chi connectivity index (χ0) is 6.15. The molecule has 0 saturated carbocycles. The smallest absolute Gasteiger partial charge is 0.204 e. The Morgan fingerprint density at radius 2 is 2.38 bits per heavy atom. The zero-order valence-corrected chi connectivity index (χ0v) is 5.60. The zero-order valence-electron chi connectivity index (χ0n) is 4.70. The van der Waals surface area contributed by atoms with Gasteiger partial charge in [0.15, 0.2) is 0 Å². The van der Waals surface area contributed by atoms with Crippen molar-refractivity contribution >= 4 is 10.9 Å². The normalized spacial score (nSPS) is 35.8. The van der Waals surface area contributed by atoms with Gasteiger partial charge in [-0.3, -0.25) is 0 Å². The third-order valence-corrected chi connectivity index (χ3v) is 2.28. The van der Waals surface area contributed by atoms with Gasteiger partial charge in [0.1, 0.15) is 0 Å². The first kappa shape index (κ1) is 6.04. The summed E-state index contributed by atoms with van der Waals surface area (Å²) < 4.78 is 21.7. The van der Waals surface area contributed by atoms with Gasteiger partial charge in [-0.1, -0.05) is 6.92 Å². The molecule has 1 aliphatic heterocycles. The molecule has 0 aliphatic carbocycles. The summed E-state index contributed by atoms with van der Waals surface area (Å²) >= 11 is 0. The molecule has 0 bridgehead atoms. The highest BCUT2D eigenvalue weighted by Crippen LogP contribution is 2.19. The lowest BCUT2D eigenvalue weighted by atomic mass is 10.4. The van der Waals surface area contributed by atoms with Crippen LogP contribution in [-0.4, -0.2) is 25.3 Å². The molecule has 0 aromatic rings. The Morgan fingerprint density at radius 1 is 1.75 bits per heavy atom. The molecule has 0 N–H and O–H groups in total. The average Bonchev–Trinajstić information content (AvgIpc) is 2.42. The summed E-state index contributed by atoms with van der Waals surface area (Å²) in [6.45, 7) is 2.73. The predicted octanol–water partition coefficient (Wildman–Crippen LogP) is -0.393. The van der Waals surface area contributed by atoms with Crippen LogP contribution in [0.15, 0.2) is 0 Å². The van der Waals surface area contributed by atoms with Gasteiger partial charge in [0.25, 0.3) is 0 Å². The minimum absolute atomic E-state index is 0.330. The van der Waals surface area contributed by atoms with Crippen molar-refractivity contribution in [3.05, 3.63) is 0 Å². The Kier molecular flexibility index (Phi) is 1.53. The molecule has 2 unspecified atom stereocenters. The lowest BCUT2D eigenvalue weighted by Gasteiger charge is -1.84. The molecule has 0 radical (unpaired) electrons. The molecule has 8 heavy (non-hydrogen) atoms. The van der Waals surface area contributed by atoms with Crippen molar-refractivity contribution in [3.8, 4) is 0 Å². The Morgan fingerprint density at radius 3 is 2.50 bits per heavy atom. The van der Waals surface area contributed by atoms with Gasteiger partial charge in [0, 0.05) is 12.6 Å². The average molecular weight is 135 g/mol. The van der Waals surface area contributed by atoms with Crippen LogP contribution in [0.4, 0.5) is 0 Å². The molecule has 0 spiro atoms. The van der Waals surface area contributed by atoms with Gasteiger partial charge in [-0.05, 0) is 6.42 Å². The Bertz CT molecular complexity index is 146. The summed E-state index contributed by atoms with van der Waals surface area (Å²) in [6.07, 6.45) is 0.948. The third kappa shape index (κ3) is 1.00. The highest BCUT2D eigenvalue weighted by Gasteiger charge is 2.34. The lowest BCUT2D eigenvalue weighted by molar-refractivity contribution is 0.572. The standard InChI is InChI=1S/C4H9NO2S/c1-2-4-3-5(4)8(6)7/h4,8H,2-3H2,1H3. The third-order valence-electron chi connectivity index (χ3n) is 1.37. The van der Waals surface area contributed by atoms with Gasteiger partial charge < -0.3 is 0 Å². The first-order valence-corrected chi connectivity index (χ1v) is 3.79. The van der Waals surface area contributed by atoms with Crippen LogP contribution in [0.3, 0.4) is 0 Å². The fourth-order valence-corrected chi connectivity index (χ4v) is 1.46. The van der Waals surface area contributed by atoms with Crippen LogP contribution < -0.4 is 0 Å². The van der Waals surface area contributed by atoms with Crippen molar-refractivity contribution < 1.29 is 8.42 Å². The molecule has 1 heterocycles. The van der Waals surface area contributed by atoms with Crippen LogP contribution in [0, 0.1) is 0 Å². The van der Waals surface area contributed by atoms with E-state index in [4.69, 9.17) is 0 Å². The summed E-state index contributed by atoms with van der Waals surface area (Å²) in [5, 5.41) is 0. The van der Waals surface area contributed by atoms with E-state index in [9.17, 15) is 8.42 Å². The van der Waals surface area contributed by atoms with Crippen LogP contribution in [0.1, 0.15) is 13.3 Å². The van der Waals surface area contributed by atoms with Crippen LogP contribution >= 0.6 is 0 Å². The molecule has 2 atom stereocenters. The summed E-state index contributed by atoms with van der Waals surface area (Å²) in [5.41, 5.74) is 0. The SMILES string of the molecule is CCC1CN1[SH](=O)=O. The Hall–Kier alpha value is -0.0900. The van der Waals surface area contributed by atoms with E-state index in [1.807, 2.05) is 6.92 Å². The van der Waals surface area contributed by atoms with E-state index in [0.717, 1.165) is 13.0 Å². The van der Waals surface area contributed by atoms with Gasteiger partial charge in [-0.15, -0.1) is 0 Å². The number of hydrogen-bond acceptors (Lipinski definition) is 2. The maximum atomic E-state index is 10.1. The molecule has 1 aliphatic rings. The van der Waals surface area contributed by atoms with E-state index in [2.05, 4.69) is 0 Å². The Balaban J connectivity index is 2.37. The summed E-state index contributed by atoms with van der Waals surface area (Å²) in [5.74, 6) is 0. The minimum Gasteiger partial charge on any atom is -0.215 e. The van der Waals surface area contributed by atoms with Gasteiger partial charge in [0.2, 0.25) is 10.9 Å². The molecule has 0 aromatic carbocycles. The van der Waals surface area contributed by atoms with Crippen LogP contribution in [-0.2, 0) is 10.9 Å². The van der Waals surface area contributed by atoms with Crippen LogP contribution in [0.25, 0.3) is 0 Å². The van der Waals surface area contributed by atoms with Crippen molar-refractivity contribution in [1.29, 1.82) is 0 Å². The molecular weight excluding hydrogens is 126 g/mol. The van der Waals surface area contributed by atoms with E-state index < -0.39 is 10.9 Å². The number of nitrogens with zero attached hydrogens (tertiary/aromatic N) is 1. The second-order valence-corrected chi connectivity index (χ2v) is 2.91. The second kappa shape index (κ2) is 2.03. The fourth-order valence-electron chi connectivity index (χ4n) is 0.709. The van der Waals surface area contributed by atoms with E-state index in [1.54, 1.807) is 0 Å². The molecule has 4 heteroatoms. The molecule has 0 amide bonds.